The van der Waals surface area contributed by atoms with Crippen LogP contribution in [0.25, 0.3) is 10.9 Å². The van der Waals surface area contributed by atoms with Crippen LogP contribution in [0.1, 0.15) is 30.6 Å². The molecule has 0 bridgehead atoms. The third-order valence-electron chi connectivity index (χ3n) is 4.51. The summed E-state index contributed by atoms with van der Waals surface area (Å²) in [5, 5.41) is 13.9. The predicted molar refractivity (Wildman–Crippen MR) is 104 cm³/mol. The second kappa shape index (κ2) is 6.60. The number of Topliss-reactive ketones (excluding diaryl/α,β-unsaturated/α-hetero) is 1. The summed E-state index contributed by atoms with van der Waals surface area (Å²) in [5.74, 6) is -0.239. The summed E-state index contributed by atoms with van der Waals surface area (Å²) in [5.41, 5.74) is 1.13. The van der Waals surface area contributed by atoms with Crippen molar-refractivity contribution in [3.05, 3.63) is 48.2 Å². The Labute approximate surface area is 161 Å². The number of amides is 1. The summed E-state index contributed by atoms with van der Waals surface area (Å²) in [7, 11) is 0. The van der Waals surface area contributed by atoms with Gasteiger partial charge in [0.25, 0.3) is 5.91 Å². The van der Waals surface area contributed by atoms with E-state index in [9.17, 15) is 14.7 Å². The van der Waals surface area contributed by atoms with E-state index in [1.54, 1.807) is 19.9 Å². The van der Waals surface area contributed by atoms with Crippen LogP contribution in [0.3, 0.4) is 0 Å². The first kappa shape index (κ1) is 17.9. The van der Waals surface area contributed by atoms with Crippen LogP contribution in [0, 0.1) is 0 Å². The van der Waals surface area contributed by atoms with Gasteiger partial charge in [-0.3, -0.25) is 9.59 Å². The third kappa shape index (κ3) is 3.51. The first-order valence-corrected chi connectivity index (χ1v) is 8.90. The summed E-state index contributed by atoms with van der Waals surface area (Å²) >= 11 is 0. The van der Waals surface area contributed by atoms with Crippen molar-refractivity contribution < 1.29 is 24.2 Å². The van der Waals surface area contributed by atoms with Crippen LogP contribution in [-0.4, -0.2) is 34.0 Å². The maximum Gasteiger partial charge on any atom is 0.262 e. The fraction of sp³-hybridized carbons (Fsp3) is 0.238. The van der Waals surface area contributed by atoms with E-state index in [1.807, 2.05) is 24.4 Å². The second-order valence-electron chi connectivity index (χ2n) is 7.39. The Hall–Kier alpha value is -3.48. The predicted octanol–water partition coefficient (Wildman–Crippen LogP) is 3.63. The molecular weight excluding hydrogens is 360 g/mol. The van der Waals surface area contributed by atoms with Gasteiger partial charge in [0.1, 0.15) is 28.4 Å². The highest BCUT2D eigenvalue weighted by Gasteiger charge is 2.35. The number of anilines is 1. The van der Waals surface area contributed by atoms with Crippen molar-refractivity contribution in [3.8, 4) is 17.2 Å². The first-order chi connectivity index (χ1) is 13.3. The van der Waals surface area contributed by atoms with Gasteiger partial charge in [0.05, 0.1) is 6.42 Å². The molecule has 0 unspecified atom stereocenters. The lowest BCUT2D eigenvalue weighted by Gasteiger charge is -2.32. The van der Waals surface area contributed by atoms with Crippen LogP contribution < -0.4 is 14.8 Å². The standard InChI is InChI=1S/C21H20N2O5/c1-21(2)10-17(25)20-16(24)8-14(9-18(20)28-21)27-11-19(26)23-13-3-4-15-12(7-13)5-6-22-15/h3-9,22,24H,10-11H2,1-2H3,(H,23,26). The second-order valence-corrected chi connectivity index (χ2v) is 7.39. The number of hydrogen-bond acceptors (Lipinski definition) is 5. The van der Waals surface area contributed by atoms with E-state index in [4.69, 9.17) is 9.47 Å². The van der Waals surface area contributed by atoms with Gasteiger partial charge in [-0.15, -0.1) is 0 Å². The van der Waals surface area contributed by atoms with Crippen molar-refractivity contribution in [1.82, 2.24) is 4.98 Å². The summed E-state index contributed by atoms with van der Waals surface area (Å²) in [4.78, 5) is 27.5. The largest absolute Gasteiger partial charge is 0.507 e. The number of carbonyl (C=O) groups excluding carboxylic acids is 2. The van der Waals surface area contributed by atoms with Crippen LogP contribution in [-0.2, 0) is 4.79 Å². The average molecular weight is 380 g/mol. The van der Waals surface area contributed by atoms with E-state index in [-0.39, 0.29) is 47.5 Å². The van der Waals surface area contributed by atoms with Crippen molar-refractivity contribution in [2.24, 2.45) is 0 Å². The number of aromatic nitrogens is 1. The highest BCUT2D eigenvalue weighted by Crippen LogP contribution is 2.40. The Bertz CT molecular complexity index is 1080. The molecule has 1 aliphatic rings. The minimum absolute atomic E-state index is 0.149. The van der Waals surface area contributed by atoms with Crippen molar-refractivity contribution in [2.45, 2.75) is 25.9 Å². The minimum Gasteiger partial charge on any atom is -0.507 e. The molecule has 1 amide bonds. The number of hydrogen-bond donors (Lipinski definition) is 3. The number of aromatic amines is 1. The van der Waals surface area contributed by atoms with E-state index >= 15 is 0 Å². The van der Waals surface area contributed by atoms with Crippen LogP contribution in [0.5, 0.6) is 17.2 Å². The molecule has 0 saturated heterocycles. The SMILES string of the molecule is CC1(C)CC(=O)c2c(O)cc(OCC(=O)Nc3ccc4[nH]ccc4c3)cc2O1. The third-order valence-corrected chi connectivity index (χ3v) is 4.51. The van der Waals surface area contributed by atoms with Gasteiger partial charge in [-0.2, -0.15) is 0 Å². The monoisotopic (exact) mass is 380 g/mol. The number of ether oxygens (including phenoxy) is 2. The number of aromatic hydroxyl groups is 1. The van der Waals surface area contributed by atoms with Gasteiger partial charge in [0.2, 0.25) is 0 Å². The number of rotatable bonds is 4. The van der Waals surface area contributed by atoms with E-state index in [0.717, 1.165) is 10.9 Å². The van der Waals surface area contributed by atoms with Crippen LogP contribution in [0.15, 0.2) is 42.6 Å². The lowest BCUT2D eigenvalue weighted by molar-refractivity contribution is -0.118. The van der Waals surface area contributed by atoms with Gasteiger partial charge in [-0.25, -0.2) is 0 Å². The molecule has 1 aromatic heterocycles. The summed E-state index contributed by atoms with van der Waals surface area (Å²) in [6, 6.07) is 10.3. The van der Waals surface area contributed by atoms with Gasteiger partial charge >= 0.3 is 0 Å². The minimum atomic E-state index is -0.663. The van der Waals surface area contributed by atoms with Gasteiger partial charge in [0.15, 0.2) is 12.4 Å². The average Bonchev–Trinajstić information content (AvgIpc) is 3.05. The number of phenols is 1. The van der Waals surface area contributed by atoms with Gasteiger partial charge in [-0.1, -0.05) is 0 Å². The topological polar surface area (TPSA) is 101 Å². The van der Waals surface area contributed by atoms with Gasteiger partial charge in [-0.05, 0) is 38.1 Å². The molecule has 0 aliphatic carbocycles. The zero-order chi connectivity index (χ0) is 19.9. The van der Waals surface area contributed by atoms with Gasteiger partial charge < -0.3 is 24.9 Å². The molecule has 0 atom stereocenters. The Kier molecular flexibility index (Phi) is 4.22. The first-order valence-electron chi connectivity index (χ1n) is 8.90. The van der Waals surface area contributed by atoms with E-state index < -0.39 is 5.60 Å². The normalized spacial score (nSPS) is 15.0. The quantitative estimate of drug-likeness (QED) is 0.642. The van der Waals surface area contributed by atoms with Crippen LogP contribution >= 0.6 is 0 Å². The Morgan fingerprint density at radius 3 is 2.93 bits per heavy atom. The molecular formula is C21H20N2O5. The number of phenolic OH excluding ortho intramolecular Hbond substituents is 1. The highest BCUT2D eigenvalue weighted by molar-refractivity contribution is 6.03. The molecule has 3 aromatic rings. The lowest BCUT2D eigenvalue weighted by Crippen LogP contribution is -2.35. The fourth-order valence-electron chi connectivity index (χ4n) is 3.31. The molecule has 0 radical (unpaired) electrons. The maximum absolute atomic E-state index is 12.2. The Morgan fingerprint density at radius 2 is 2.11 bits per heavy atom. The number of nitrogens with one attached hydrogen (secondary N) is 2. The van der Waals surface area contributed by atoms with E-state index in [1.165, 1.54) is 12.1 Å². The smallest absolute Gasteiger partial charge is 0.262 e. The Balaban J connectivity index is 1.45. The van der Waals surface area contributed by atoms with Crippen molar-refractivity contribution in [1.29, 1.82) is 0 Å². The molecule has 4 rings (SSSR count). The maximum atomic E-state index is 12.2. The molecule has 0 spiro atoms. The summed E-state index contributed by atoms with van der Waals surface area (Å²) in [6.45, 7) is 3.35. The number of ketones is 1. The molecule has 1 aliphatic heterocycles. The van der Waals surface area contributed by atoms with Crippen LogP contribution in [0.2, 0.25) is 0 Å². The van der Waals surface area contributed by atoms with Crippen molar-refractivity contribution >= 4 is 28.3 Å². The van der Waals surface area contributed by atoms with E-state index in [0.29, 0.717) is 5.69 Å². The summed E-state index contributed by atoms with van der Waals surface area (Å²) < 4.78 is 11.3. The zero-order valence-electron chi connectivity index (χ0n) is 15.5. The number of H-pyrrole nitrogens is 1. The molecule has 0 saturated carbocycles. The van der Waals surface area contributed by atoms with Crippen LogP contribution in [0.4, 0.5) is 5.69 Å². The molecule has 0 fully saturated rings. The molecule has 7 nitrogen and oxygen atoms in total. The van der Waals surface area contributed by atoms with E-state index in [2.05, 4.69) is 10.3 Å². The Morgan fingerprint density at radius 1 is 1.29 bits per heavy atom. The zero-order valence-corrected chi connectivity index (χ0v) is 15.5. The summed E-state index contributed by atoms with van der Waals surface area (Å²) in [6.07, 6.45) is 2.01. The van der Waals surface area contributed by atoms with Crippen molar-refractivity contribution in [3.63, 3.8) is 0 Å². The highest BCUT2D eigenvalue weighted by atomic mass is 16.5. The lowest BCUT2D eigenvalue weighted by atomic mass is 9.92. The van der Waals surface area contributed by atoms with Gasteiger partial charge in [0, 0.05) is 34.9 Å². The fourth-order valence-corrected chi connectivity index (χ4v) is 3.31. The molecule has 2 heterocycles. The number of carbonyl (C=O) groups is 2. The molecule has 28 heavy (non-hydrogen) atoms. The molecule has 2 aromatic carbocycles. The van der Waals surface area contributed by atoms with Crippen molar-refractivity contribution in [2.75, 3.05) is 11.9 Å². The molecule has 144 valence electrons. The number of fused-ring (bicyclic) bond motifs is 2. The number of benzene rings is 2. The molecule has 3 N–H and O–H groups in total. The molecule has 7 heteroatoms.